The molecule has 0 bridgehead atoms. The van der Waals surface area contributed by atoms with Gasteiger partial charge in [0.1, 0.15) is 0 Å². The molecule has 0 unspecified atom stereocenters. The Kier molecular flexibility index (Phi) is 8.55. The van der Waals surface area contributed by atoms with Crippen molar-refractivity contribution in [3.8, 4) is 0 Å². The summed E-state index contributed by atoms with van der Waals surface area (Å²) in [6.45, 7) is 3.17. The Labute approximate surface area is 166 Å². The van der Waals surface area contributed by atoms with Crippen molar-refractivity contribution in [3.63, 3.8) is 0 Å². The Hall–Kier alpha value is -1.61. The minimum atomic E-state index is -0.110. The van der Waals surface area contributed by atoms with E-state index in [2.05, 4.69) is 25.7 Å². The van der Waals surface area contributed by atoms with Gasteiger partial charge in [-0.2, -0.15) is 10.2 Å². The Morgan fingerprint density at radius 1 is 1.38 bits per heavy atom. The van der Waals surface area contributed by atoms with Crippen LogP contribution in [0.25, 0.3) is 0 Å². The quantitative estimate of drug-likeness (QED) is 0.750. The van der Waals surface area contributed by atoms with E-state index in [0.29, 0.717) is 12.4 Å². The highest BCUT2D eigenvalue weighted by Gasteiger charge is 2.34. The normalized spacial score (nSPS) is 19.1. The van der Waals surface area contributed by atoms with E-state index in [4.69, 9.17) is 0 Å². The fraction of sp³-hybridized carbons (Fsp3) is 0.562. The number of hydrogen-bond donors (Lipinski definition) is 2. The molecule has 0 aliphatic carbocycles. The van der Waals surface area contributed by atoms with Gasteiger partial charge in [-0.25, -0.2) is 0 Å². The van der Waals surface area contributed by atoms with Gasteiger partial charge in [-0.1, -0.05) is 0 Å². The maximum atomic E-state index is 12.6. The van der Waals surface area contributed by atoms with Crippen LogP contribution in [0.15, 0.2) is 24.7 Å². The molecule has 0 saturated carbocycles. The summed E-state index contributed by atoms with van der Waals surface area (Å²) in [6.07, 6.45) is 5.71. The number of halogens is 2. The second-order valence-corrected chi connectivity index (χ2v) is 6.58. The number of nitrogens with one attached hydrogen (secondary N) is 2. The van der Waals surface area contributed by atoms with Crippen molar-refractivity contribution in [1.29, 1.82) is 0 Å². The van der Waals surface area contributed by atoms with Crippen molar-refractivity contribution in [1.82, 2.24) is 29.8 Å². The first kappa shape index (κ1) is 22.4. The van der Waals surface area contributed by atoms with Gasteiger partial charge in [0, 0.05) is 51.1 Å². The van der Waals surface area contributed by atoms with Crippen LogP contribution in [0.1, 0.15) is 11.5 Å². The molecule has 2 aromatic heterocycles. The van der Waals surface area contributed by atoms with Crippen LogP contribution in [0.3, 0.4) is 0 Å². The number of rotatable bonds is 6. The third-order valence-corrected chi connectivity index (χ3v) is 4.37. The van der Waals surface area contributed by atoms with E-state index >= 15 is 0 Å². The van der Waals surface area contributed by atoms with Crippen molar-refractivity contribution >= 4 is 36.5 Å². The molecule has 1 saturated heterocycles. The smallest absolute Gasteiger partial charge is 0.230 e. The van der Waals surface area contributed by atoms with Crippen LogP contribution in [-0.4, -0.2) is 64.1 Å². The van der Waals surface area contributed by atoms with E-state index in [0.717, 1.165) is 25.2 Å². The topological polar surface area (TPSA) is 80.0 Å². The Bertz CT molecular complexity index is 700. The molecule has 146 valence electrons. The molecule has 8 nitrogen and oxygen atoms in total. The highest BCUT2D eigenvalue weighted by atomic mass is 35.5. The molecule has 0 aromatic carbocycles. The van der Waals surface area contributed by atoms with Crippen LogP contribution in [0.5, 0.6) is 0 Å². The van der Waals surface area contributed by atoms with Crippen LogP contribution >= 0.6 is 24.8 Å². The van der Waals surface area contributed by atoms with Gasteiger partial charge in [0.15, 0.2) is 5.82 Å². The zero-order chi connectivity index (χ0) is 17.1. The fourth-order valence-electron chi connectivity index (χ4n) is 3.01. The molecule has 2 aromatic rings. The van der Waals surface area contributed by atoms with Crippen LogP contribution in [-0.2, 0) is 18.4 Å². The number of anilines is 1. The van der Waals surface area contributed by atoms with Crippen LogP contribution < -0.4 is 10.6 Å². The second kappa shape index (κ2) is 9.91. The summed E-state index contributed by atoms with van der Waals surface area (Å²) in [5, 5.41) is 14.9. The van der Waals surface area contributed by atoms with Gasteiger partial charge in [0.25, 0.3) is 0 Å². The third-order valence-electron chi connectivity index (χ3n) is 4.37. The summed E-state index contributed by atoms with van der Waals surface area (Å²) >= 11 is 0. The number of nitrogens with zero attached hydrogens (tertiary/aromatic N) is 5. The van der Waals surface area contributed by atoms with E-state index in [1.54, 1.807) is 4.68 Å². The van der Waals surface area contributed by atoms with Crippen molar-refractivity contribution in [2.24, 2.45) is 13.0 Å². The van der Waals surface area contributed by atoms with Gasteiger partial charge in [-0.05, 0) is 19.7 Å². The number of carbonyl (C=O) groups is 1. The second-order valence-electron chi connectivity index (χ2n) is 6.58. The number of aromatic nitrogens is 4. The number of amides is 1. The standard InChI is InChI=1S/C16H25N7O.2ClH/c1-21(2)6-7-23-5-4-15(20-23)19-16(24)14-10-17-9-13(14)12-8-18-22(3)11-12;;/h4-5,8,11,13-14,17H,6-7,9-10H2,1-3H3,(H,19,20,24);2*1H/t13-,14+;;/m1../s1. The largest absolute Gasteiger partial charge is 0.315 e. The molecule has 0 spiro atoms. The Morgan fingerprint density at radius 3 is 2.81 bits per heavy atom. The van der Waals surface area contributed by atoms with Crippen LogP contribution in [0, 0.1) is 5.92 Å². The summed E-state index contributed by atoms with van der Waals surface area (Å²) < 4.78 is 3.62. The van der Waals surface area contributed by atoms with E-state index in [1.807, 2.05) is 50.5 Å². The molecule has 0 radical (unpaired) electrons. The summed E-state index contributed by atoms with van der Waals surface area (Å²) in [7, 11) is 5.94. The lowest BCUT2D eigenvalue weighted by molar-refractivity contribution is -0.119. The van der Waals surface area contributed by atoms with Gasteiger partial charge in [0.2, 0.25) is 5.91 Å². The molecule has 2 N–H and O–H groups in total. The number of carbonyl (C=O) groups excluding carboxylic acids is 1. The first-order chi connectivity index (χ1) is 11.5. The van der Waals surface area contributed by atoms with Gasteiger partial charge in [-0.3, -0.25) is 14.2 Å². The maximum Gasteiger partial charge on any atom is 0.230 e. The number of aryl methyl sites for hydroxylation is 1. The van der Waals surface area contributed by atoms with Crippen molar-refractivity contribution < 1.29 is 4.79 Å². The SMILES string of the molecule is CN(C)CCn1ccc(NC(=O)[C@H]2CNC[C@@H]2c2cnn(C)c2)n1.Cl.Cl. The number of likely N-dealkylation sites (N-methyl/N-ethyl adjacent to an activating group) is 1. The number of hydrogen-bond acceptors (Lipinski definition) is 5. The minimum Gasteiger partial charge on any atom is -0.315 e. The predicted molar refractivity (Wildman–Crippen MR) is 106 cm³/mol. The zero-order valence-corrected chi connectivity index (χ0v) is 16.9. The van der Waals surface area contributed by atoms with E-state index in [1.165, 1.54) is 0 Å². The molecule has 1 amide bonds. The van der Waals surface area contributed by atoms with E-state index < -0.39 is 0 Å². The first-order valence-corrected chi connectivity index (χ1v) is 8.21. The van der Waals surface area contributed by atoms with Crippen molar-refractivity contribution in [2.45, 2.75) is 12.5 Å². The Balaban J connectivity index is 0.00000169. The lowest BCUT2D eigenvalue weighted by Crippen LogP contribution is -2.28. The highest BCUT2D eigenvalue weighted by molar-refractivity contribution is 5.92. The monoisotopic (exact) mass is 403 g/mol. The fourth-order valence-corrected chi connectivity index (χ4v) is 3.01. The molecule has 3 heterocycles. The Morgan fingerprint density at radius 2 is 2.15 bits per heavy atom. The first-order valence-electron chi connectivity index (χ1n) is 8.21. The molecule has 2 atom stereocenters. The minimum absolute atomic E-state index is 0. The molecule has 26 heavy (non-hydrogen) atoms. The van der Waals surface area contributed by atoms with Crippen LogP contribution in [0.4, 0.5) is 5.82 Å². The molecular weight excluding hydrogens is 377 g/mol. The van der Waals surface area contributed by atoms with Gasteiger partial charge in [0.05, 0.1) is 18.7 Å². The summed E-state index contributed by atoms with van der Waals surface area (Å²) in [5.74, 6) is 0.651. The molecule has 10 heteroatoms. The maximum absolute atomic E-state index is 12.6. The molecule has 1 aliphatic rings. The molecule has 1 fully saturated rings. The van der Waals surface area contributed by atoms with Crippen LogP contribution in [0.2, 0.25) is 0 Å². The summed E-state index contributed by atoms with van der Waals surface area (Å²) in [5.41, 5.74) is 1.10. The van der Waals surface area contributed by atoms with E-state index in [-0.39, 0.29) is 42.6 Å². The predicted octanol–water partition coefficient (Wildman–Crippen LogP) is 0.963. The van der Waals surface area contributed by atoms with Crippen molar-refractivity contribution in [3.05, 3.63) is 30.2 Å². The van der Waals surface area contributed by atoms with Crippen molar-refractivity contribution in [2.75, 3.05) is 39.0 Å². The molecular formula is C16H27Cl2N7O. The molecule has 1 aliphatic heterocycles. The average molecular weight is 404 g/mol. The summed E-state index contributed by atoms with van der Waals surface area (Å²) in [6, 6.07) is 1.84. The van der Waals surface area contributed by atoms with Gasteiger partial charge < -0.3 is 15.5 Å². The van der Waals surface area contributed by atoms with E-state index in [9.17, 15) is 4.79 Å². The summed E-state index contributed by atoms with van der Waals surface area (Å²) in [4.78, 5) is 14.7. The highest BCUT2D eigenvalue weighted by Crippen LogP contribution is 2.28. The van der Waals surface area contributed by atoms with Gasteiger partial charge in [-0.15, -0.1) is 24.8 Å². The molecule has 3 rings (SSSR count). The lowest BCUT2D eigenvalue weighted by atomic mass is 9.90. The zero-order valence-electron chi connectivity index (χ0n) is 15.3. The van der Waals surface area contributed by atoms with Gasteiger partial charge >= 0.3 is 0 Å². The lowest BCUT2D eigenvalue weighted by Gasteiger charge is -2.16. The average Bonchev–Trinajstić information content (AvgIpc) is 3.24. The third kappa shape index (κ3) is 5.44.